The third-order valence-electron chi connectivity index (χ3n) is 2.57. The summed E-state index contributed by atoms with van der Waals surface area (Å²) in [6, 6.07) is 17.3. The number of sulfonamides is 1. The molecule has 2 rings (SSSR count). The molecule has 19 heavy (non-hydrogen) atoms. The second-order valence-corrected chi connectivity index (χ2v) is 7.99. The SMILES string of the molecule is Cc1ccccc1[P+](=NS(C)(=O)=O)c1ccccc1. The van der Waals surface area contributed by atoms with Crippen LogP contribution in [0, 0.1) is 6.92 Å². The zero-order chi connectivity index (χ0) is 13.9. The van der Waals surface area contributed by atoms with E-state index in [4.69, 9.17) is 0 Å². The number of hydrogen-bond donors (Lipinski definition) is 0. The Balaban J connectivity index is 2.67. The monoisotopic (exact) mass is 292 g/mol. The average Bonchev–Trinajstić information content (AvgIpc) is 2.37. The number of nitrogens with zero attached hydrogens (tertiary/aromatic N) is 1. The Hall–Kier alpha value is -1.51. The van der Waals surface area contributed by atoms with Gasteiger partial charge in [-0.3, -0.25) is 0 Å². The molecule has 0 bridgehead atoms. The summed E-state index contributed by atoms with van der Waals surface area (Å²) in [5.74, 6) is 0. The zero-order valence-corrected chi connectivity index (χ0v) is 12.5. The highest BCUT2D eigenvalue weighted by Gasteiger charge is 2.25. The average molecular weight is 292 g/mol. The standard InChI is InChI=1S/C14H15NO2PS/c1-12-8-6-7-11-14(12)18(15-19(2,16)17)13-9-4-3-5-10-13/h3-11H,1-2H3/q+1. The summed E-state index contributed by atoms with van der Waals surface area (Å²) >= 11 is 0. The van der Waals surface area contributed by atoms with Gasteiger partial charge < -0.3 is 0 Å². The normalized spacial score (nSPS) is 12.4. The van der Waals surface area contributed by atoms with Crippen molar-refractivity contribution in [2.45, 2.75) is 6.92 Å². The van der Waals surface area contributed by atoms with Gasteiger partial charge in [-0.25, -0.2) is 8.42 Å². The summed E-state index contributed by atoms with van der Waals surface area (Å²) in [6.07, 6.45) is 1.14. The minimum atomic E-state index is -3.38. The molecule has 3 nitrogen and oxygen atoms in total. The molecule has 0 heterocycles. The maximum atomic E-state index is 11.5. The van der Waals surface area contributed by atoms with Crippen LogP contribution in [0.4, 0.5) is 0 Å². The molecule has 0 saturated heterocycles. The van der Waals surface area contributed by atoms with E-state index in [-0.39, 0.29) is 0 Å². The van der Waals surface area contributed by atoms with E-state index in [1.807, 2.05) is 61.5 Å². The van der Waals surface area contributed by atoms with Gasteiger partial charge in [-0.15, -0.1) is 0 Å². The number of hydrogen-bond acceptors (Lipinski definition) is 2. The maximum Gasteiger partial charge on any atom is 0.297 e. The molecule has 0 aliphatic carbocycles. The van der Waals surface area contributed by atoms with Crippen molar-refractivity contribution in [1.82, 2.24) is 0 Å². The van der Waals surface area contributed by atoms with Gasteiger partial charge in [0.15, 0.2) is 10.6 Å². The quantitative estimate of drug-likeness (QED) is 0.816. The van der Waals surface area contributed by atoms with Gasteiger partial charge in [-0.1, -0.05) is 36.4 Å². The Labute approximate surface area is 114 Å². The summed E-state index contributed by atoms with van der Waals surface area (Å²) in [4.78, 5) is 0. The van der Waals surface area contributed by atoms with Crippen molar-refractivity contribution in [3.8, 4) is 0 Å². The van der Waals surface area contributed by atoms with Crippen molar-refractivity contribution in [2.75, 3.05) is 6.26 Å². The van der Waals surface area contributed by atoms with Crippen LogP contribution in [0.2, 0.25) is 0 Å². The lowest BCUT2D eigenvalue weighted by Gasteiger charge is -1.98. The van der Waals surface area contributed by atoms with Crippen molar-refractivity contribution < 1.29 is 8.42 Å². The highest BCUT2D eigenvalue weighted by molar-refractivity contribution is 7.93. The van der Waals surface area contributed by atoms with E-state index in [0.717, 1.165) is 22.4 Å². The molecule has 1 unspecified atom stereocenters. The summed E-state index contributed by atoms with van der Waals surface area (Å²) in [6.45, 7) is 1.98. The number of aryl methyl sites for hydroxylation is 1. The van der Waals surface area contributed by atoms with Gasteiger partial charge in [-0.2, -0.15) is 0 Å². The molecule has 5 heteroatoms. The van der Waals surface area contributed by atoms with E-state index in [1.54, 1.807) is 0 Å². The molecule has 1 atom stereocenters. The van der Waals surface area contributed by atoms with Crippen LogP contribution in [0.15, 0.2) is 58.7 Å². The third kappa shape index (κ3) is 3.72. The Morgan fingerprint density at radius 2 is 1.53 bits per heavy atom. The predicted molar refractivity (Wildman–Crippen MR) is 81.1 cm³/mol. The third-order valence-corrected chi connectivity index (χ3v) is 6.16. The minimum Gasteiger partial charge on any atom is -0.202 e. The van der Waals surface area contributed by atoms with Crippen molar-refractivity contribution in [1.29, 1.82) is 0 Å². The summed E-state index contributed by atoms with van der Waals surface area (Å²) < 4.78 is 27.1. The highest BCUT2D eigenvalue weighted by atomic mass is 32.2. The molecule has 0 aromatic heterocycles. The first-order valence-corrected chi connectivity index (χ1v) is 8.95. The van der Waals surface area contributed by atoms with Crippen LogP contribution in [0.3, 0.4) is 0 Å². The lowest BCUT2D eigenvalue weighted by Crippen LogP contribution is -2.10. The Morgan fingerprint density at radius 1 is 0.947 bits per heavy atom. The summed E-state index contributed by atoms with van der Waals surface area (Å²) in [5, 5.41) is 1.92. The molecular weight excluding hydrogens is 277 g/mol. The molecular formula is C14H15NO2PS+. The first-order valence-electron chi connectivity index (χ1n) is 5.81. The zero-order valence-electron chi connectivity index (χ0n) is 10.8. The number of benzene rings is 2. The molecule has 0 N–H and O–H groups in total. The van der Waals surface area contributed by atoms with Crippen LogP contribution in [0.25, 0.3) is 0 Å². The predicted octanol–water partition coefficient (Wildman–Crippen LogP) is 2.57. The lowest BCUT2D eigenvalue weighted by atomic mass is 10.2. The van der Waals surface area contributed by atoms with E-state index in [2.05, 4.69) is 4.15 Å². The van der Waals surface area contributed by atoms with E-state index in [9.17, 15) is 8.42 Å². The maximum absolute atomic E-state index is 11.5. The Morgan fingerprint density at radius 3 is 2.11 bits per heavy atom. The highest BCUT2D eigenvalue weighted by Crippen LogP contribution is 2.27. The first-order chi connectivity index (χ1) is 8.97. The van der Waals surface area contributed by atoms with Gasteiger partial charge in [0.25, 0.3) is 17.7 Å². The fourth-order valence-electron chi connectivity index (χ4n) is 1.75. The van der Waals surface area contributed by atoms with Crippen LogP contribution < -0.4 is 10.6 Å². The topological polar surface area (TPSA) is 46.5 Å². The second-order valence-electron chi connectivity index (χ2n) is 4.25. The van der Waals surface area contributed by atoms with Crippen molar-refractivity contribution in [3.63, 3.8) is 0 Å². The molecule has 98 valence electrons. The molecule has 0 fully saturated rings. The van der Waals surface area contributed by atoms with Crippen LogP contribution in [0.5, 0.6) is 0 Å². The lowest BCUT2D eigenvalue weighted by molar-refractivity contribution is 0.604. The van der Waals surface area contributed by atoms with Gasteiger partial charge in [0.2, 0.25) is 0 Å². The number of rotatable bonds is 3. The summed E-state index contributed by atoms with van der Waals surface area (Å²) in [5.41, 5.74) is 1.06. The largest absolute Gasteiger partial charge is 0.297 e. The van der Waals surface area contributed by atoms with Gasteiger partial charge in [-0.05, 0) is 25.1 Å². The van der Waals surface area contributed by atoms with Gasteiger partial charge >= 0.3 is 0 Å². The smallest absolute Gasteiger partial charge is 0.202 e. The molecule has 2 aromatic rings. The van der Waals surface area contributed by atoms with Crippen molar-refractivity contribution in [3.05, 3.63) is 60.2 Å². The fraction of sp³-hybridized carbons (Fsp3) is 0.143. The molecule has 0 saturated carbocycles. The van der Waals surface area contributed by atoms with E-state index in [1.165, 1.54) is 0 Å². The van der Waals surface area contributed by atoms with Gasteiger partial charge in [0.05, 0.1) is 6.26 Å². The van der Waals surface area contributed by atoms with Gasteiger partial charge in [0.1, 0.15) is 0 Å². The van der Waals surface area contributed by atoms with Crippen LogP contribution in [0.1, 0.15) is 5.56 Å². The van der Waals surface area contributed by atoms with E-state index >= 15 is 0 Å². The van der Waals surface area contributed by atoms with E-state index in [0.29, 0.717) is 0 Å². The molecule has 0 aliphatic rings. The minimum absolute atomic E-state index is 0.942. The van der Waals surface area contributed by atoms with Crippen molar-refractivity contribution >= 4 is 28.3 Å². The molecule has 0 aliphatic heterocycles. The molecule has 2 aromatic carbocycles. The van der Waals surface area contributed by atoms with E-state index < -0.39 is 17.7 Å². The Bertz CT molecular complexity index is 709. The van der Waals surface area contributed by atoms with Crippen LogP contribution >= 0.6 is 7.71 Å². The molecule has 0 spiro atoms. The van der Waals surface area contributed by atoms with Crippen molar-refractivity contribution in [2.24, 2.45) is 4.15 Å². The Kier molecular flexibility index (Phi) is 4.13. The van der Waals surface area contributed by atoms with Crippen LogP contribution in [-0.4, -0.2) is 14.7 Å². The fourth-order valence-corrected chi connectivity index (χ4v) is 5.03. The first kappa shape index (κ1) is 13.9. The summed E-state index contributed by atoms with van der Waals surface area (Å²) in [7, 11) is -4.61. The van der Waals surface area contributed by atoms with Gasteiger partial charge in [0, 0.05) is 9.71 Å². The second kappa shape index (κ2) is 5.64. The van der Waals surface area contributed by atoms with Crippen LogP contribution in [-0.2, 0) is 10.0 Å². The molecule has 0 radical (unpaired) electrons. The molecule has 0 amide bonds.